The second-order valence-electron chi connectivity index (χ2n) is 5.72. The summed E-state index contributed by atoms with van der Waals surface area (Å²) in [6.45, 7) is 6.37. The summed E-state index contributed by atoms with van der Waals surface area (Å²) in [5.74, 6) is -1.33. The van der Waals surface area contributed by atoms with Crippen molar-refractivity contribution in [1.29, 1.82) is 0 Å². The van der Waals surface area contributed by atoms with Gasteiger partial charge >= 0.3 is 28.4 Å². The van der Waals surface area contributed by atoms with E-state index in [4.69, 9.17) is 14.3 Å². The van der Waals surface area contributed by atoms with Crippen LogP contribution in [0.25, 0.3) is 0 Å². The zero-order valence-corrected chi connectivity index (χ0v) is 16.1. The Kier molecular flexibility index (Phi) is 9.55. The molecule has 8 nitrogen and oxygen atoms in total. The molecule has 0 atom stereocenters. The third kappa shape index (κ3) is 8.31. The molecule has 156 valence electrons. The van der Waals surface area contributed by atoms with Gasteiger partial charge in [0.05, 0.1) is 11.7 Å². The maximum Gasteiger partial charge on any atom is 0.416 e. The molecule has 0 heterocycles. The Hall–Kier alpha value is -2.72. The number of carbonyl (C=O) groups is 1. The first-order chi connectivity index (χ1) is 12.8. The number of halogens is 3. The van der Waals surface area contributed by atoms with Crippen molar-refractivity contribution >= 4 is 28.0 Å². The number of nitrogens with zero attached hydrogens (tertiary/aromatic N) is 1. The van der Waals surface area contributed by atoms with E-state index in [0.29, 0.717) is 12.1 Å². The van der Waals surface area contributed by atoms with Crippen LogP contribution in [0.15, 0.2) is 34.3 Å². The minimum absolute atomic E-state index is 0.250. The Bertz CT molecular complexity index is 823. The first kappa shape index (κ1) is 25.3. The number of benzene rings is 1. The number of alkyl halides is 3. The van der Waals surface area contributed by atoms with E-state index in [9.17, 15) is 26.4 Å². The van der Waals surface area contributed by atoms with Gasteiger partial charge in [-0.1, -0.05) is 19.0 Å². The standard InChI is InChI=1S/C15H18F3NO5S.CO2/c1-9(2)13(14(20)23-10(3)4)19-24-25(21,22)12-7-5-11(6-8-12)15(16,17)18;2-1-3/h5-10H,1-4H3;/b19-13-;. The molecule has 28 heavy (non-hydrogen) atoms. The lowest BCUT2D eigenvalue weighted by Crippen LogP contribution is -2.26. The molecule has 0 aliphatic heterocycles. The maximum atomic E-state index is 12.5. The van der Waals surface area contributed by atoms with Crippen LogP contribution in [-0.4, -0.2) is 32.4 Å². The summed E-state index contributed by atoms with van der Waals surface area (Å²) in [4.78, 5) is 27.6. The molecular formula is C16H18F3NO7S. The zero-order valence-electron chi connectivity index (χ0n) is 15.3. The van der Waals surface area contributed by atoms with Gasteiger partial charge in [0.15, 0.2) is 5.71 Å². The fraction of sp³-hybridized carbons (Fsp3) is 0.438. The molecule has 0 spiro atoms. The molecular weight excluding hydrogens is 407 g/mol. The van der Waals surface area contributed by atoms with E-state index >= 15 is 0 Å². The van der Waals surface area contributed by atoms with Gasteiger partial charge < -0.3 is 4.74 Å². The summed E-state index contributed by atoms with van der Waals surface area (Å²) in [6.07, 6.45) is -4.78. The highest BCUT2D eigenvalue weighted by molar-refractivity contribution is 7.86. The molecule has 0 aliphatic carbocycles. The number of ether oxygens (including phenoxy) is 1. The van der Waals surface area contributed by atoms with Crippen LogP contribution in [0.2, 0.25) is 0 Å². The first-order valence-corrected chi connectivity index (χ1v) is 9.06. The van der Waals surface area contributed by atoms with Gasteiger partial charge in [-0.2, -0.15) is 31.2 Å². The Morgan fingerprint density at radius 3 is 1.89 bits per heavy atom. The van der Waals surface area contributed by atoms with E-state index in [2.05, 4.69) is 9.44 Å². The summed E-state index contributed by atoms with van der Waals surface area (Å²) in [7, 11) is -4.48. The third-order valence-corrected chi connectivity index (χ3v) is 3.92. The van der Waals surface area contributed by atoms with Gasteiger partial charge in [-0.05, 0) is 38.1 Å². The predicted molar refractivity (Wildman–Crippen MR) is 88.2 cm³/mol. The molecule has 0 radical (unpaired) electrons. The van der Waals surface area contributed by atoms with E-state index in [-0.39, 0.29) is 11.9 Å². The van der Waals surface area contributed by atoms with Gasteiger partial charge in [-0.25, -0.2) is 4.79 Å². The molecule has 0 aromatic heterocycles. The lowest BCUT2D eigenvalue weighted by Gasteiger charge is -2.12. The Labute approximate surface area is 159 Å². The first-order valence-electron chi connectivity index (χ1n) is 7.65. The van der Waals surface area contributed by atoms with Crippen molar-refractivity contribution in [2.45, 2.75) is 44.9 Å². The molecule has 0 aliphatic rings. The summed E-state index contributed by atoms with van der Waals surface area (Å²) in [5.41, 5.74) is -1.26. The van der Waals surface area contributed by atoms with Crippen molar-refractivity contribution in [3.05, 3.63) is 29.8 Å². The maximum absolute atomic E-state index is 12.5. The summed E-state index contributed by atoms with van der Waals surface area (Å²) in [5, 5.41) is 3.33. The van der Waals surface area contributed by atoms with Crippen LogP contribution in [0.3, 0.4) is 0 Å². The van der Waals surface area contributed by atoms with E-state index in [1.807, 2.05) is 0 Å². The highest BCUT2D eigenvalue weighted by Gasteiger charge is 2.31. The Morgan fingerprint density at radius 2 is 1.54 bits per heavy atom. The van der Waals surface area contributed by atoms with Gasteiger partial charge in [0.2, 0.25) is 0 Å². The molecule has 1 aromatic rings. The van der Waals surface area contributed by atoms with Crippen molar-refractivity contribution in [2.24, 2.45) is 11.1 Å². The van der Waals surface area contributed by atoms with Crippen molar-refractivity contribution < 1.29 is 45.0 Å². The van der Waals surface area contributed by atoms with Crippen molar-refractivity contribution in [1.82, 2.24) is 0 Å². The SMILES string of the molecule is CC(C)OC(=O)/C(=N\OS(=O)(=O)c1ccc(C(F)(F)F)cc1)C(C)C.O=C=O. The van der Waals surface area contributed by atoms with Crippen LogP contribution in [0, 0.1) is 5.92 Å². The number of oxime groups is 1. The van der Waals surface area contributed by atoms with E-state index in [0.717, 1.165) is 12.1 Å². The van der Waals surface area contributed by atoms with Crippen LogP contribution >= 0.6 is 0 Å². The normalized spacial score (nSPS) is 12.1. The van der Waals surface area contributed by atoms with Gasteiger partial charge in [0.1, 0.15) is 4.90 Å². The summed E-state index contributed by atoms with van der Waals surface area (Å²) >= 11 is 0. The Morgan fingerprint density at radius 1 is 1.07 bits per heavy atom. The van der Waals surface area contributed by atoms with E-state index in [1.165, 1.54) is 0 Å². The second-order valence-corrected chi connectivity index (χ2v) is 7.25. The highest BCUT2D eigenvalue weighted by atomic mass is 32.2. The number of hydrogen-bond donors (Lipinski definition) is 0. The Balaban J connectivity index is 0.00000227. The van der Waals surface area contributed by atoms with E-state index < -0.39 is 44.7 Å². The van der Waals surface area contributed by atoms with Gasteiger partial charge in [0.25, 0.3) is 0 Å². The zero-order chi connectivity index (χ0) is 22.1. The molecule has 0 unspecified atom stereocenters. The van der Waals surface area contributed by atoms with Gasteiger partial charge in [-0.3, -0.25) is 4.28 Å². The largest absolute Gasteiger partial charge is 0.458 e. The number of hydrogen-bond acceptors (Lipinski definition) is 8. The molecule has 0 N–H and O–H groups in total. The quantitative estimate of drug-likeness (QED) is 0.391. The summed E-state index contributed by atoms with van der Waals surface area (Å²) < 4.78 is 70.9. The van der Waals surface area contributed by atoms with Crippen molar-refractivity contribution in [3.63, 3.8) is 0 Å². The van der Waals surface area contributed by atoms with Crippen LogP contribution < -0.4 is 0 Å². The monoisotopic (exact) mass is 425 g/mol. The van der Waals surface area contributed by atoms with Gasteiger partial charge in [0, 0.05) is 5.92 Å². The summed E-state index contributed by atoms with van der Waals surface area (Å²) in [6, 6.07) is 2.71. The minimum Gasteiger partial charge on any atom is -0.458 e. The molecule has 0 saturated carbocycles. The van der Waals surface area contributed by atoms with Gasteiger partial charge in [-0.15, -0.1) is 0 Å². The lowest BCUT2D eigenvalue weighted by atomic mass is 10.1. The minimum atomic E-state index is -4.59. The fourth-order valence-electron chi connectivity index (χ4n) is 1.60. The van der Waals surface area contributed by atoms with Crippen LogP contribution in [0.4, 0.5) is 13.2 Å². The van der Waals surface area contributed by atoms with Crippen molar-refractivity contribution in [2.75, 3.05) is 0 Å². The average Bonchev–Trinajstić information content (AvgIpc) is 2.54. The number of rotatable bonds is 6. The third-order valence-electron chi connectivity index (χ3n) is 2.80. The number of carbonyl (C=O) groups excluding carboxylic acids is 3. The lowest BCUT2D eigenvalue weighted by molar-refractivity contribution is -0.191. The van der Waals surface area contributed by atoms with Crippen LogP contribution in [0.5, 0.6) is 0 Å². The predicted octanol–water partition coefficient (Wildman–Crippen LogP) is 2.79. The molecule has 0 bridgehead atoms. The fourth-order valence-corrected chi connectivity index (χ4v) is 2.33. The molecule has 1 rings (SSSR count). The molecule has 0 fully saturated rings. The van der Waals surface area contributed by atoms with Crippen LogP contribution in [-0.2, 0) is 39.7 Å². The molecule has 0 saturated heterocycles. The molecule has 1 aromatic carbocycles. The van der Waals surface area contributed by atoms with E-state index in [1.54, 1.807) is 27.7 Å². The molecule has 12 heteroatoms. The number of esters is 1. The van der Waals surface area contributed by atoms with Crippen LogP contribution in [0.1, 0.15) is 33.3 Å². The molecule has 0 amide bonds. The average molecular weight is 425 g/mol. The van der Waals surface area contributed by atoms with Crippen molar-refractivity contribution in [3.8, 4) is 0 Å². The topological polar surface area (TPSA) is 116 Å². The smallest absolute Gasteiger partial charge is 0.416 e. The highest BCUT2D eigenvalue weighted by Crippen LogP contribution is 2.30. The second kappa shape index (κ2) is 10.6.